The largest absolute Gasteiger partial charge is 0.464 e. The lowest BCUT2D eigenvalue weighted by molar-refractivity contribution is -0.150. The van der Waals surface area contributed by atoms with Gasteiger partial charge in [0.1, 0.15) is 5.82 Å². The zero-order chi connectivity index (χ0) is 13.7. The summed E-state index contributed by atoms with van der Waals surface area (Å²) >= 11 is 0. The van der Waals surface area contributed by atoms with Crippen molar-refractivity contribution < 1.29 is 14.3 Å². The lowest BCUT2D eigenvalue weighted by Crippen LogP contribution is -2.47. The fourth-order valence-electron chi connectivity index (χ4n) is 1.41. The summed E-state index contributed by atoms with van der Waals surface area (Å²) in [4.78, 5) is 28.6. The van der Waals surface area contributed by atoms with Gasteiger partial charge in [-0.2, -0.15) is 0 Å². The molecule has 0 spiro atoms. The molecule has 0 fully saturated rings. The molecule has 0 saturated heterocycles. The molecular formula is C11H18N4O3. The lowest BCUT2D eigenvalue weighted by atomic mass is 10.2. The fourth-order valence-corrected chi connectivity index (χ4v) is 1.41. The van der Waals surface area contributed by atoms with E-state index in [1.807, 2.05) is 7.05 Å². The molecule has 7 nitrogen and oxygen atoms in total. The summed E-state index contributed by atoms with van der Waals surface area (Å²) in [6, 6.07) is -1.28. The molecule has 1 amide bonds. The molecule has 1 atom stereocenters. The van der Waals surface area contributed by atoms with E-state index in [0.717, 1.165) is 0 Å². The molecule has 1 unspecified atom stereocenters. The first-order valence-electron chi connectivity index (χ1n) is 5.60. The first kappa shape index (κ1) is 14.2. The van der Waals surface area contributed by atoms with Gasteiger partial charge in [-0.1, -0.05) is 0 Å². The molecule has 2 N–H and O–H groups in total. The van der Waals surface area contributed by atoms with Gasteiger partial charge >= 0.3 is 5.97 Å². The van der Waals surface area contributed by atoms with Crippen LogP contribution in [0.3, 0.4) is 0 Å². The number of amides is 1. The van der Waals surface area contributed by atoms with Crippen LogP contribution in [0.1, 0.15) is 12.7 Å². The predicted octanol–water partition coefficient (Wildman–Crippen LogP) is -0.731. The Morgan fingerprint density at radius 3 is 2.78 bits per heavy atom. The number of carbonyl (C=O) groups excluding carboxylic acids is 2. The number of esters is 1. The minimum absolute atomic E-state index is 0.197. The molecule has 100 valence electrons. The summed E-state index contributed by atoms with van der Waals surface area (Å²) in [5.74, 6) is -0.493. The number of carbonyl (C=O) groups is 2. The van der Waals surface area contributed by atoms with Crippen LogP contribution in [0.25, 0.3) is 0 Å². The topological polar surface area (TPSA) is 90.4 Å². The van der Waals surface area contributed by atoms with Crippen molar-refractivity contribution in [1.82, 2.24) is 14.5 Å². The van der Waals surface area contributed by atoms with Crippen LogP contribution in [0.15, 0.2) is 12.4 Å². The summed E-state index contributed by atoms with van der Waals surface area (Å²) in [7, 11) is 3.39. The molecule has 0 aliphatic heterocycles. The molecule has 0 saturated carbocycles. The van der Waals surface area contributed by atoms with Gasteiger partial charge in [0.2, 0.25) is 0 Å². The van der Waals surface area contributed by atoms with Crippen LogP contribution in [-0.4, -0.2) is 46.0 Å². The first-order chi connectivity index (χ1) is 8.47. The Morgan fingerprint density at radius 1 is 1.61 bits per heavy atom. The van der Waals surface area contributed by atoms with Crippen molar-refractivity contribution in [3.63, 3.8) is 0 Å². The quantitative estimate of drug-likeness (QED) is 0.552. The van der Waals surface area contributed by atoms with E-state index >= 15 is 0 Å². The van der Waals surface area contributed by atoms with Crippen LogP contribution in [0.4, 0.5) is 0 Å². The van der Waals surface area contributed by atoms with E-state index in [-0.39, 0.29) is 13.2 Å². The molecule has 1 rings (SSSR count). The number of rotatable bonds is 5. The van der Waals surface area contributed by atoms with E-state index < -0.39 is 17.9 Å². The number of hydrogen-bond acceptors (Lipinski definition) is 5. The van der Waals surface area contributed by atoms with Crippen molar-refractivity contribution in [1.29, 1.82) is 0 Å². The highest BCUT2D eigenvalue weighted by molar-refractivity contribution is 6.01. The highest BCUT2D eigenvalue weighted by atomic mass is 16.5. The fraction of sp³-hybridized carbons (Fsp3) is 0.545. The maximum atomic E-state index is 11.9. The van der Waals surface area contributed by atoms with Gasteiger partial charge in [-0.25, -0.2) is 9.78 Å². The second-order valence-corrected chi connectivity index (χ2v) is 3.88. The average Bonchev–Trinajstić information content (AvgIpc) is 2.73. The van der Waals surface area contributed by atoms with Gasteiger partial charge in [0.05, 0.1) is 13.2 Å². The molecule has 0 aliphatic rings. The van der Waals surface area contributed by atoms with E-state index in [9.17, 15) is 9.59 Å². The van der Waals surface area contributed by atoms with Crippen LogP contribution < -0.4 is 5.73 Å². The van der Waals surface area contributed by atoms with E-state index in [0.29, 0.717) is 5.82 Å². The van der Waals surface area contributed by atoms with Gasteiger partial charge in [0, 0.05) is 26.5 Å². The molecule has 7 heteroatoms. The van der Waals surface area contributed by atoms with Crippen LogP contribution in [0, 0.1) is 0 Å². The molecule has 1 heterocycles. The number of aromatic nitrogens is 2. The summed E-state index contributed by atoms with van der Waals surface area (Å²) in [6.45, 7) is 2.14. The van der Waals surface area contributed by atoms with Gasteiger partial charge in [0.25, 0.3) is 5.91 Å². The average molecular weight is 254 g/mol. The third-order valence-electron chi connectivity index (χ3n) is 2.48. The number of nitrogens with zero attached hydrogens (tertiary/aromatic N) is 3. The van der Waals surface area contributed by atoms with E-state index in [4.69, 9.17) is 10.5 Å². The number of nitrogens with two attached hydrogens (primary N) is 1. The highest BCUT2D eigenvalue weighted by Crippen LogP contribution is 2.01. The molecule has 0 aromatic carbocycles. The Hall–Kier alpha value is -1.89. The Kier molecular flexibility index (Phi) is 4.85. The van der Waals surface area contributed by atoms with E-state index in [1.54, 1.807) is 30.9 Å². The van der Waals surface area contributed by atoms with Crippen LogP contribution in [0.2, 0.25) is 0 Å². The first-order valence-corrected chi connectivity index (χ1v) is 5.60. The van der Waals surface area contributed by atoms with Crippen molar-refractivity contribution in [2.45, 2.75) is 19.5 Å². The molecule has 1 aromatic heterocycles. The second kappa shape index (κ2) is 6.15. The summed E-state index contributed by atoms with van der Waals surface area (Å²) < 4.78 is 6.49. The molecule has 0 aliphatic carbocycles. The van der Waals surface area contributed by atoms with Gasteiger partial charge < -0.3 is 19.9 Å². The highest BCUT2D eigenvalue weighted by Gasteiger charge is 2.26. The third-order valence-corrected chi connectivity index (χ3v) is 2.48. The molecule has 18 heavy (non-hydrogen) atoms. The Labute approximate surface area is 106 Å². The Bertz CT molecular complexity index is 430. The van der Waals surface area contributed by atoms with Crippen LogP contribution >= 0.6 is 0 Å². The van der Waals surface area contributed by atoms with Crippen molar-refractivity contribution >= 4 is 11.9 Å². The normalized spacial score (nSPS) is 12.0. The second-order valence-electron chi connectivity index (χ2n) is 3.88. The number of likely N-dealkylation sites (N-methyl/N-ethyl adjacent to an activating group) is 1. The van der Waals surface area contributed by atoms with Gasteiger partial charge in [-0.3, -0.25) is 4.79 Å². The van der Waals surface area contributed by atoms with Crippen molar-refractivity contribution in [2.75, 3.05) is 13.7 Å². The minimum atomic E-state index is -1.28. The summed E-state index contributed by atoms with van der Waals surface area (Å²) in [5.41, 5.74) is 5.52. The smallest absolute Gasteiger partial charge is 0.332 e. The zero-order valence-electron chi connectivity index (χ0n) is 10.8. The maximum absolute atomic E-state index is 11.9. The van der Waals surface area contributed by atoms with Gasteiger partial charge in [-0.05, 0) is 6.92 Å². The molecule has 0 radical (unpaired) electrons. The van der Waals surface area contributed by atoms with Crippen molar-refractivity contribution in [3.05, 3.63) is 18.2 Å². The predicted molar refractivity (Wildman–Crippen MR) is 64.3 cm³/mol. The molecule has 0 bridgehead atoms. The standard InChI is InChI=1S/C11H18N4O3/c1-4-18-11(17)9(12)10(16)15(3)7-8-13-5-6-14(8)2/h5-6,9H,4,7,12H2,1-3H3. The SMILES string of the molecule is CCOC(=O)C(N)C(=O)N(C)Cc1nccn1C. The van der Waals surface area contributed by atoms with Crippen LogP contribution in [-0.2, 0) is 27.9 Å². The lowest BCUT2D eigenvalue weighted by Gasteiger charge is -2.20. The van der Waals surface area contributed by atoms with Gasteiger partial charge in [0.15, 0.2) is 6.04 Å². The number of imidazole rings is 1. The summed E-state index contributed by atoms with van der Waals surface area (Å²) in [6.07, 6.45) is 3.41. The van der Waals surface area contributed by atoms with E-state index in [1.165, 1.54) is 4.90 Å². The monoisotopic (exact) mass is 254 g/mol. The number of aryl methyl sites for hydroxylation is 1. The Morgan fingerprint density at radius 2 is 2.28 bits per heavy atom. The maximum Gasteiger partial charge on any atom is 0.332 e. The minimum Gasteiger partial charge on any atom is -0.464 e. The van der Waals surface area contributed by atoms with Crippen molar-refractivity contribution in [2.24, 2.45) is 12.8 Å². The third kappa shape index (κ3) is 3.30. The van der Waals surface area contributed by atoms with E-state index in [2.05, 4.69) is 4.98 Å². The molecular weight excluding hydrogens is 236 g/mol. The molecule has 1 aromatic rings. The zero-order valence-corrected chi connectivity index (χ0v) is 10.8. The number of hydrogen-bond donors (Lipinski definition) is 1. The van der Waals surface area contributed by atoms with Crippen molar-refractivity contribution in [3.8, 4) is 0 Å². The summed E-state index contributed by atoms with van der Waals surface area (Å²) in [5, 5.41) is 0. The van der Waals surface area contributed by atoms with Gasteiger partial charge in [-0.15, -0.1) is 0 Å². The van der Waals surface area contributed by atoms with Crippen LogP contribution in [0.5, 0.6) is 0 Å². The number of ether oxygens (including phenoxy) is 1. The Balaban J connectivity index is 2.61.